The molecule has 0 saturated carbocycles. The number of hydrogen-bond acceptors (Lipinski definition) is 1. The van der Waals surface area contributed by atoms with Gasteiger partial charge in [0.15, 0.2) is 0 Å². The molecule has 0 atom stereocenters. The molecule has 0 aliphatic heterocycles. The molecule has 0 nitrogen and oxygen atoms in total. The van der Waals surface area contributed by atoms with E-state index in [4.69, 9.17) is 0 Å². The van der Waals surface area contributed by atoms with Gasteiger partial charge in [0.05, 0.1) is 0 Å². The van der Waals surface area contributed by atoms with Gasteiger partial charge in [-0.2, -0.15) is 0 Å². The van der Waals surface area contributed by atoms with Crippen molar-refractivity contribution >= 4 is 11.3 Å². The molecule has 0 bridgehead atoms. The van der Waals surface area contributed by atoms with Crippen LogP contribution >= 0.6 is 11.3 Å². The third-order valence-corrected chi connectivity index (χ3v) is 5.91. The maximum Gasteiger partial charge on any atom is 0.00799 e. The lowest BCUT2D eigenvalue weighted by atomic mass is 10.0. The first kappa shape index (κ1) is 17.8. The van der Waals surface area contributed by atoms with Crippen LogP contribution in [0.5, 0.6) is 0 Å². The van der Waals surface area contributed by atoms with Gasteiger partial charge in [0.2, 0.25) is 0 Å². The van der Waals surface area contributed by atoms with Crippen LogP contribution in [0.3, 0.4) is 0 Å². The van der Waals surface area contributed by atoms with E-state index in [9.17, 15) is 0 Å². The summed E-state index contributed by atoms with van der Waals surface area (Å²) in [5, 5.41) is 0. The zero-order valence-corrected chi connectivity index (χ0v) is 15.0. The van der Waals surface area contributed by atoms with Crippen molar-refractivity contribution in [3.63, 3.8) is 0 Å². The summed E-state index contributed by atoms with van der Waals surface area (Å²) in [4.78, 5) is 3.16. The molecule has 0 amide bonds. The third-order valence-electron chi connectivity index (χ3n) is 4.54. The van der Waals surface area contributed by atoms with Crippen LogP contribution in [0.4, 0.5) is 0 Å². The Morgan fingerprint density at radius 2 is 1.15 bits per heavy atom. The summed E-state index contributed by atoms with van der Waals surface area (Å²) in [6, 6.07) is 0. The molecule has 1 rings (SSSR count). The fraction of sp³-hybridized carbons (Fsp3) is 0.789. The lowest BCUT2D eigenvalue weighted by molar-refractivity contribution is 0.557. The molecule has 0 unspecified atom stereocenters. The zero-order chi connectivity index (χ0) is 14.8. The standard InChI is InChI=1S/C19H34S/c1-5-6-7-8-9-10-11-12-13-14-15-19-17(3)16(2)18(4)20-19/h5-15H2,1-4H3. The second-order valence-corrected chi connectivity index (χ2v) is 7.57. The number of thiophene rings is 1. The molecule has 0 aliphatic rings. The van der Waals surface area contributed by atoms with Gasteiger partial charge >= 0.3 is 0 Å². The molecule has 0 saturated heterocycles. The molecule has 0 radical (unpaired) electrons. The minimum atomic E-state index is 1.31. The normalized spacial score (nSPS) is 11.2. The van der Waals surface area contributed by atoms with Crippen LogP contribution in [0.2, 0.25) is 0 Å². The number of aryl methyl sites for hydroxylation is 2. The van der Waals surface area contributed by atoms with E-state index in [2.05, 4.69) is 27.7 Å². The highest BCUT2D eigenvalue weighted by Gasteiger charge is 2.07. The molecule has 1 aromatic rings. The highest BCUT2D eigenvalue weighted by molar-refractivity contribution is 7.12. The van der Waals surface area contributed by atoms with E-state index in [1.54, 1.807) is 10.4 Å². The summed E-state index contributed by atoms with van der Waals surface area (Å²) < 4.78 is 0. The van der Waals surface area contributed by atoms with E-state index < -0.39 is 0 Å². The van der Waals surface area contributed by atoms with E-state index in [0.717, 1.165) is 0 Å². The Labute approximate surface area is 131 Å². The van der Waals surface area contributed by atoms with Crippen LogP contribution in [0, 0.1) is 20.8 Å². The molecule has 0 fully saturated rings. The molecular weight excluding hydrogens is 260 g/mol. The number of unbranched alkanes of at least 4 members (excludes halogenated alkanes) is 9. The van der Waals surface area contributed by atoms with E-state index in [1.807, 2.05) is 11.3 Å². The lowest BCUT2D eigenvalue weighted by Gasteiger charge is -2.03. The zero-order valence-electron chi connectivity index (χ0n) is 14.2. The molecular formula is C19H34S. The van der Waals surface area contributed by atoms with Crippen LogP contribution in [-0.4, -0.2) is 0 Å². The number of rotatable bonds is 11. The van der Waals surface area contributed by atoms with E-state index in [-0.39, 0.29) is 0 Å². The average molecular weight is 295 g/mol. The lowest BCUT2D eigenvalue weighted by Crippen LogP contribution is -1.86. The predicted molar refractivity (Wildman–Crippen MR) is 94.1 cm³/mol. The van der Waals surface area contributed by atoms with Crippen LogP contribution in [0.25, 0.3) is 0 Å². The summed E-state index contributed by atoms with van der Waals surface area (Å²) in [7, 11) is 0. The Morgan fingerprint density at radius 1 is 0.650 bits per heavy atom. The van der Waals surface area contributed by atoms with Crippen molar-refractivity contribution in [3.05, 3.63) is 20.9 Å². The van der Waals surface area contributed by atoms with Gasteiger partial charge in [-0.05, 0) is 44.7 Å². The second kappa shape index (κ2) is 10.4. The summed E-state index contributed by atoms with van der Waals surface area (Å²) in [5.74, 6) is 0. The highest BCUT2D eigenvalue weighted by Crippen LogP contribution is 2.28. The summed E-state index contributed by atoms with van der Waals surface area (Å²) in [5.41, 5.74) is 3.08. The second-order valence-electron chi connectivity index (χ2n) is 6.26. The molecule has 116 valence electrons. The fourth-order valence-electron chi connectivity index (χ4n) is 2.82. The van der Waals surface area contributed by atoms with Crippen LogP contribution in [-0.2, 0) is 6.42 Å². The maximum atomic E-state index is 2.30. The van der Waals surface area contributed by atoms with Crippen molar-refractivity contribution in [1.29, 1.82) is 0 Å². The van der Waals surface area contributed by atoms with E-state index >= 15 is 0 Å². The van der Waals surface area contributed by atoms with Crippen LogP contribution in [0.1, 0.15) is 92.0 Å². The number of hydrogen-bond donors (Lipinski definition) is 0. The Morgan fingerprint density at radius 3 is 1.60 bits per heavy atom. The first-order chi connectivity index (χ1) is 9.66. The molecule has 0 spiro atoms. The summed E-state index contributed by atoms with van der Waals surface area (Å²) in [6.07, 6.45) is 15.6. The first-order valence-electron chi connectivity index (χ1n) is 8.72. The third kappa shape index (κ3) is 6.43. The van der Waals surface area contributed by atoms with Gasteiger partial charge < -0.3 is 0 Å². The van der Waals surface area contributed by atoms with Gasteiger partial charge in [0.1, 0.15) is 0 Å². The Balaban J connectivity index is 1.98. The first-order valence-corrected chi connectivity index (χ1v) is 9.54. The van der Waals surface area contributed by atoms with Gasteiger partial charge in [-0.3, -0.25) is 0 Å². The molecule has 20 heavy (non-hydrogen) atoms. The van der Waals surface area contributed by atoms with Crippen molar-refractivity contribution in [2.24, 2.45) is 0 Å². The predicted octanol–water partition coefficient (Wildman–Crippen LogP) is 7.14. The van der Waals surface area contributed by atoms with Gasteiger partial charge in [-0.25, -0.2) is 0 Å². The van der Waals surface area contributed by atoms with Crippen LogP contribution < -0.4 is 0 Å². The van der Waals surface area contributed by atoms with Crippen LogP contribution in [0.15, 0.2) is 0 Å². The smallest absolute Gasteiger partial charge is 0.00799 e. The van der Waals surface area contributed by atoms with Crippen molar-refractivity contribution < 1.29 is 0 Å². The Bertz CT molecular complexity index is 362. The van der Waals surface area contributed by atoms with Crippen molar-refractivity contribution in [2.75, 3.05) is 0 Å². The molecule has 1 heteroatoms. The van der Waals surface area contributed by atoms with Gasteiger partial charge in [-0.1, -0.05) is 64.7 Å². The SMILES string of the molecule is CCCCCCCCCCCCc1sc(C)c(C)c1C. The van der Waals surface area contributed by atoms with Crippen molar-refractivity contribution in [1.82, 2.24) is 0 Å². The van der Waals surface area contributed by atoms with Crippen molar-refractivity contribution in [3.8, 4) is 0 Å². The van der Waals surface area contributed by atoms with Crippen molar-refractivity contribution in [2.45, 2.75) is 98.3 Å². The molecule has 0 aromatic carbocycles. The minimum absolute atomic E-state index is 1.31. The largest absolute Gasteiger partial charge is 0.145 e. The quantitative estimate of drug-likeness (QED) is 0.380. The Hall–Kier alpha value is -0.300. The molecule has 0 N–H and O–H groups in total. The Kier molecular flexibility index (Phi) is 9.26. The van der Waals surface area contributed by atoms with Gasteiger partial charge in [0, 0.05) is 9.75 Å². The van der Waals surface area contributed by atoms with Gasteiger partial charge in [-0.15, -0.1) is 11.3 Å². The minimum Gasteiger partial charge on any atom is -0.145 e. The molecule has 1 aromatic heterocycles. The van der Waals surface area contributed by atoms with E-state index in [0.29, 0.717) is 0 Å². The van der Waals surface area contributed by atoms with E-state index in [1.165, 1.54) is 81.1 Å². The summed E-state index contributed by atoms with van der Waals surface area (Å²) in [6.45, 7) is 9.11. The monoisotopic (exact) mass is 294 g/mol. The molecule has 0 aliphatic carbocycles. The highest BCUT2D eigenvalue weighted by atomic mass is 32.1. The average Bonchev–Trinajstić information content (AvgIpc) is 2.68. The topological polar surface area (TPSA) is 0 Å². The summed E-state index contributed by atoms with van der Waals surface area (Å²) >= 11 is 2.02. The maximum absolute atomic E-state index is 2.30. The molecule has 1 heterocycles. The van der Waals surface area contributed by atoms with Gasteiger partial charge in [0.25, 0.3) is 0 Å². The fourth-order valence-corrected chi connectivity index (χ4v) is 4.05.